The van der Waals surface area contributed by atoms with E-state index >= 15 is 0 Å². The lowest BCUT2D eigenvalue weighted by Crippen LogP contribution is -2.52. The van der Waals surface area contributed by atoms with Gasteiger partial charge in [0.25, 0.3) is 0 Å². The van der Waals surface area contributed by atoms with Crippen molar-refractivity contribution in [2.24, 2.45) is 0 Å². The van der Waals surface area contributed by atoms with E-state index in [2.05, 4.69) is 5.32 Å². The van der Waals surface area contributed by atoms with Gasteiger partial charge in [-0.3, -0.25) is 13.9 Å². The monoisotopic (exact) mass is 543 g/mol. The summed E-state index contributed by atoms with van der Waals surface area (Å²) in [7, 11) is -2.52. The van der Waals surface area contributed by atoms with Crippen LogP contribution in [0.15, 0.2) is 42.5 Å². The zero-order valence-electron chi connectivity index (χ0n) is 20.3. The molecule has 1 N–H and O–H groups in total. The fourth-order valence-electron chi connectivity index (χ4n) is 3.52. The lowest BCUT2D eigenvalue weighted by Gasteiger charge is -2.33. The van der Waals surface area contributed by atoms with Gasteiger partial charge in [-0.1, -0.05) is 49.2 Å². The summed E-state index contributed by atoms with van der Waals surface area (Å²) in [6.45, 7) is 3.75. The van der Waals surface area contributed by atoms with E-state index in [1.54, 1.807) is 37.3 Å². The molecule has 2 amide bonds. The second-order valence-electron chi connectivity index (χ2n) is 7.95. The van der Waals surface area contributed by atoms with Crippen molar-refractivity contribution >= 4 is 50.7 Å². The molecule has 11 heteroatoms. The second-order valence-corrected chi connectivity index (χ2v) is 10.7. The van der Waals surface area contributed by atoms with Crippen LogP contribution in [0.2, 0.25) is 10.0 Å². The molecule has 8 nitrogen and oxygen atoms in total. The zero-order chi connectivity index (χ0) is 26.2. The molecule has 0 fully saturated rings. The molecule has 0 aliphatic carbocycles. The number of methoxy groups -OCH3 is 1. The number of hydrogen-bond acceptors (Lipinski definition) is 5. The van der Waals surface area contributed by atoms with Crippen LogP contribution >= 0.6 is 23.2 Å². The Morgan fingerprint density at radius 1 is 1.06 bits per heavy atom. The number of nitrogens with one attached hydrogen (secondary N) is 1. The number of sulfonamides is 1. The number of halogens is 2. The van der Waals surface area contributed by atoms with Crippen molar-refractivity contribution in [1.82, 2.24) is 10.2 Å². The van der Waals surface area contributed by atoms with Crippen LogP contribution in [0, 0.1) is 0 Å². The van der Waals surface area contributed by atoms with E-state index in [-0.39, 0.29) is 28.9 Å². The maximum absolute atomic E-state index is 13.6. The van der Waals surface area contributed by atoms with Gasteiger partial charge in [0.05, 0.1) is 19.1 Å². The third-order valence-corrected chi connectivity index (χ3v) is 6.90. The number of carbonyl (C=O) groups excluding carboxylic acids is 2. The Hall–Kier alpha value is -2.49. The number of rotatable bonds is 12. The van der Waals surface area contributed by atoms with Gasteiger partial charge in [-0.15, -0.1) is 0 Å². The predicted octanol–water partition coefficient (Wildman–Crippen LogP) is 4.10. The SMILES string of the molecule is CCCNC(=O)[C@H](CC)N(Cc1ccc(Cl)cc1)C(=O)CN(c1cc(Cl)ccc1OC)S(C)(=O)=O. The van der Waals surface area contributed by atoms with E-state index < -0.39 is 28.5 Å². The van der Waals surface area contributed by atoms with E-state index in [9.17, 15) is 18.0 Å². The van der Waals surface area contributed by atoms with Crippen molar-refractivity contribution in [3.63, 3.8) is 0 Å². The third kappa shape index (κ3) is 8.02. The molecule has 0 aliphatic heterocycles. The smallest absolute Gasteiger partial charge is 0.244 e. The van der Waals surface area contributed by atoms with Crippen molar-refractivity contribution in [2.45, 2.75) is 39.3 Å². The summed E-state index contributed by atoms with van der Waals surface area (Å²) in [5, 5.41) is 3.65. The molecular formula is C24H31Cl2N3O5S. The van der Waals surface area contributed by atoms with Gasteiger partial charge in [0.2, 0.25) is 21.8 Å². The number of hydrogen-bond donors (Lipinski definition) is 1. The molecule has 0 bridgehead atoms. The first-order valence-electron chi connectivity index (χ1n) is 11.1. The fraction of sp³-hybridized carbons (Fsp3) is 0.417. The highest BCUT2D eigenvalue weighted by atomic mass is 35.5. The molecule has 0 aromatic heterocycles. The van der Waals surface area contributed by atoms with Crippen LogP contribution in [0.25, 0.3) is 0 Å². The maximum atomic E-state index is 13.6. The summed E-state index contributed by atoms with van der Waals surface area (Å²) in [4.78, 5) is 28.0. The molecule has 0 saturated heterocycles. The minimum atomic E-state index is -3.91. The van der Waals surface area contributed by atoms with E-state index in [0.29, 0.717) is 18.0 Å². The maximum Gasteiger partial charge on any atom is 0.244 e. The van der Waals surface area contributed by atoms with E-state index in [1.807, 2.05) is 6.92 Å². The molecule has 0 saturated carbocycles. The first-order valence-corrected chi connectivity index (χ1v) is 13.7. The van der Waals surface area contributed by atoms with E-state index in [4.69, 9.17) is 27.9 Å². The fourth-order valence-corrected chi connectivity index (χ4v) is 4.66. The van der Waals surface area contributed by atoms with E-state index in [0.717, 1.165) is 22.5 Å². The second kappa shape index (κ2) is 13.0. The van der Waals surface area contributed by atoms with Crippen molar-refractivity contribution in [2.75, 3.05) is 30.8 Å². The average Bonchev–Trinajstić information content (AvgIpc) is 2.81. The van der Waals surface area contributed by atoms with Gasteiger partial charge in [0, 0.05) is 23.1 Å². The van der Waals surface area contributed by atoms with Gasteiger partial charge in [-0.2, -0.15) is 0 Å². The lowest BCUT2D eigenvalue weighted by molar-refractivity contribution is -0.140. The normalized spacial score (nSPS) is 12.1. The quantitative estimate of drug-likeness (QED) is 0.434. The van der Waals surface area contributed by atoms with Crippen LogP contribution < -0.4 is 14.4 Å². The number of ether oxygens (including phenoxy) is 1. The van der Waals surface area contributed by atoms with Gasteiger partial charge < -0.3 is 15.0 Å². The molecule has 2 rings (SSSR count). The topological polar surface area (TPSA) is 96.0 Å². The number of nitrogens with zero attached hydrogens (tertiary/aromatic N) is 2. The molecule has 0 heterocycles. The van der Waals surface area contributed by atoms with Crippen LogP contribution in [-0.2, 0) is 26.2 Å². The summed E-state index contributed by atoms with van der Waals surface area (Å²) in [6, 6.07) is 10.6. The molecule has 35 heavy (non-hydrogen) atoms. The Balaban J connectivity index is 2.48. The molecule has 0 spiro atoms. The summed E-state index contributed by atoms with van der Waals surface area (Å²) >= 11 is 12.1. The average molecular weight is 545 g/mol. The highest BCUT2D eigenvalue weighted by Gasteiger charge is 2.32. The van der Waals surface area contributed by atoms with Crippen LogP contribution in [0.5, 0.6) is 5.75 Å². The van der Waals surface area contributed by atoms with E-state index in [1.165, 1.54) is 24.1 Å². The number of benzene rings is 2. The Morgan fingerprint density at radius 2 is 1.69 bits per heavy atom. The molecule has 0 aliphatic rings. The number of carbonyl (C=O) groups is 2. The third-order valence-electron chi connectivity index (χ3n) is 5.29. The van der Waals surface area contributed by atoms with Crippen molar-refractivity contribution in [3.05, 3.63) is 58.1 Å². The lowest BCUT2D eigenvalue weighted by atomic mass is 10.1. The van der Waals surface area contributed by atoms with Crippen molar-refractivity contribution in [1.29, 1.82) is 0 Å². The van der Waals surface area contributed by atoms with Crippen LogP contribution in [-0.4, -0.2) is 57.6 Å². The Morgan fingerprint density at radius 3 is 2.23 bits per heavy atom. The first-order chi connectivity index (χ1) is 16.5. The minimum Gasteiger partial charge on any atom is -0.495 e. The largest absolute Gasteiger partial charge is 0.495 e. The van der Waals surface area contributed by atoms with Crippen LogP contribution in [0.4, 0.5) is 5.69 Å². The Bertz CT molecular complexity index is 1130. The van der Waals surface area contributed by atoms with Gasteiger partial charge >= 0.3 is 0 Å². The molecule has 0 unspecified atom stereocenters. The molecular weight excluding hydrogens is 513 g/mol. The standard InChI is InChI=1S/C24H31Cl2N3O5S/c1-5-13-27-24(31)20(6-2)28(15-17-7-9-18(25)10-8-17)23(30)16-29(35(4,32)33)21-14-19(26)11-12-22(21)34-3/h7-12,14,20H,5-6,13,15-16H2,1-4H3,(H,27,31)/t20-/m0/s1. The minimum absolute atomic E-state index is 0.0956. The molecule has 2 aromatic carbocycles. The Labute approximate surface area is 217 Å². The number of anilines is 1. The summed E-state index contributed by atoms with van der Waals surface area (Å²) < 4.78 is 31.7. The molecule has 1 atom stereocenters. The Kier molecular flexibility index (Phi) is 10.7. The van der Waals surface area contributed by atoms with Gasteiger partial charge in [-0.25, -0.2) is 8.42 Å². The number of amides is 2. The summed E-state index contributed by atoms with van der Waals surface area (Å²) in [5.74, 6) is -0.613. The van der Waals surface area contributed by atoms with Gasteiger partial charge in [-0.05, 0) is 48.7 Å². The predicted molar refractivity (Wildman–Crippen MR) is 140 cm³/mol. The van der Waals surface area contributed by atoms with Gasteiger partial charge in [0.15, 0.2) is 0 Å². The highest BCUT2D eigenvalue weighted by Crippen LogP contribution is 2.33. The summed E-state index contributed by atoms with van der Waals surface area (Å²) in [6.07, 6.45) is 2.08. The van der Waals surface area contributed by atoms with Crippen LogP contribution in [0.1, 0.15) is 32.3 Å². The molecule has 192 valence electrons. The van der Waals surface area contributed by atoms with Crippen molar-refractivity contribution in [3.8, 4) is 5.75 Å². The zero-order valence-corrected chi connectivity index (χ0v) is 22.6. The van der Waals surface area contributed by atoms with Crippen molar-refractivity contribution < 1.29 is 22.7 Å². The first kappa shape index (κ1) is 28.7. The van der Waals surface area contributed by atoms with Gasteiger partial charge in [0.1, 0.15) is 18.3 Å². The highest BCUT2D eigenvalue weighted by molar-refractivity contribution is 7.92. The molecule has 2 aromatic rings. The summed E-state index contributed by atoms with van der Waals surface area (Å²) in [5.41, 5.74) is 0.876. The van der Waals surface area contributed by atoms with Crippen LogP contribution in [0.3, 0.4) is 0 Å². The molecule has 0 radical (unpaired) electrons.